The molecule has 4 rings (SSSR count). The molecule has 2 aromatic rings. The van der Waals surface area contributed by atoms with E-state index in [2.05, 4.69) is 20.7 Å². The summed E-state index contributed by atoms with van der Waals surface area (Å²) < 4.78 is 14.8. The fourth-order valence-electron chi connectivity index (χ4n) is 3.59. The Hall–Kier alpha value is -2.97. The van der Waals surface area contributed by atoms with Crippen molar-refractivity contribution in [2.45, 2.75) is 45.2 Å². The van der Waals surface area contributed by atoms with E-state index >= 15 is 0 Å². The van der Waals surface area contributed by atoms with Gasteiger partial charge in [0.1, 0.15) is 5.82 Å². The summed E-state index contributed by atoms with van der Waals surface area (Å²) in [7, 11) is 1.73. The van der Waals surface area contributed by atoms with Gasteiger partial charge in [-0.2, -0.15) is 5.10 Å². The van der Waals surface area contributed by atoms with Gasteiger partial charge in [-0.1, -0.05) is 0 Å². The molecule has 29 heavy (non-hydrogen) atoms. The second-order valence-electron chi connectivity index (χ2n) is 7.22. The van der Waals surface area contributed by atoms with Gasteiger partial charge in [-0.05, 0) is 31.4 Å². The number of aromatic nitrogens is 3. The van der Waals surface area contributed by atoms with Crippen LogP contribution in [0.3, 0.4) is 0 Å². The number of anilines is 1. The maximum Gasteiger partial charge on any atom is 0.345 e. The molecule has 156 valence electrons. The highest BCUT2D eigenvalue weighted by atomic mass is 16.5. The molecule has 3 heterocycles. The van der Waals surface area contributed by atoms with Gasteiger partial charge in [-0.25, -0.2) is 9.48 Å². The van der Waals surface area contributed by atoms with E-state index in [-0.39, 0.29) is 5.69 Å². The first kappa shape index (κ1) is 19.4. The van der Waals surface area contributed by atoms with Crippen LogP contribution in [-0.4, -0.2) is 47.1 Å². The van der Waals surface area contributed by atoms with Gasteiger partial charge < -0.3 is 20.1 Å². The van der Waals surface area contributed by atoms with Gasteiger partial charge in [0.25, 0.3) is 0 Å². The quantitative estimate of drug-likeness (QED) is 0.450. The van der Waals surface area contributed by atoms with E-state index < -0.39 is 0 Å². The first-order valence-corrected chi connectivity index (χ1v) is 10.3. The molecule has 0 saturated heterocycles. The van der Waals surface area contributed by atoms with Crippen molar-refractivity contribution >= 4 is 11.6 Å². The van der Waals surface area contributed by atoms with E-state index in [4.69, 9.17) is 9.47 Å². The van der Waals surface area contributed by atoms with E-state index in [1.165, 1.54) is 0 Å². The Kier molecular flexibility index (Phi) is 6.02. The van der Waals surface area contributed by atoms with Crippen LogP contribution < -0.4 is 25.8 Å². The van der Waals surface area contributed by atoms with Crippen LogP contribution in [0.4, 0.5) is 5.69 Å². The summed E-state index contributed by atoms with van der Waals surface area (Å²) in [4.78, 5) is 16.6. The molecule has 0 amide bonds. The second-order valence-corrected chi connectivity index (χ2v) is 7.22. The Bertz CT molecular complexity index is 933. The molecule has 2 N–H and O–H groups in total. The molecule has 1 aromatic carbocycles. The zero-order chi connectivity index (χ0) is 20.1. The fraction of sp³-hybridized carbons (Fsp3) is 0.550. The molecule has 0 aliphatic carbocycles. The van der Waals surface area contributed by atoms with Crippen LogP contribution in [0.15, 0.2) is 28.0 Å². The zero-order valence-corrected chi connectivity index (χ0v) is 16.8. The predicted octanol–water partition coefficient (Wildman–Crippen LogP) is 1.62. The number of ether oxygens (including phenoxy) is 2. The van der Waals surface area contributed by atoms with Gasteiger partial charge in [0.15, 0.2) is 17.5 Å². The Balaban J connectivity index is 1.29. The molecular weight excluding hydrogens is 372 g/mol. The number of aryl methyl sites for hydroxylation is 2. The number of guanidine groups is 1. The topological polar surface area (TPSA) is 94.7 Å². The average Bonchev–Trinajstić information content (AvgIpc) is 2.91. The molecule has 0 bridgehead atoms. The molecule has 0 spiro atoms. The normalized spacial score (nSPS) is 16.1. The fourth-order valence-corrected chi connectivity index (χ4v) is 3.59. The third kappa shape index (κ3) is 4.55. The van der Waals surface area contributed by atoms with Crippen LogP contribution >= 0.6 is 0 Å². The molecule has 9 heteroatoms. The highest BCUT2D eigenvalue weighted by Gasteiger charge is 2.16. The van der Waals surface area contributed by atoms with Crippen LogP contribution in [0, 0.1) is 0 Å². The monoisotopic (exact) mass is 400 g/mol. The van der Waals surface area contributed by atoms with Crippen molar-refractivity contribution in [3.05, 3.63) is 34.5 Å². The summed E-state index contributed by atoms with van der Waals surface area (Å²) in [6, 6.07) is 5.77. The highest BCUT2D eigenvalue weighted by Crippen LogP contribution is 2.32. The van der Waals surface area contributed by atoms with Gasteiger partial charge in [0, 0.05) is 51.3 Å². The lowest BCUT2D eigenvalue weighted by Crippen LogP contribution is -2.33. The van der Waals surface area contributed by atoms with Gasteiger partial charge in [0.05, 0.1) is 13.2 Å². The van der Waals surface area contributed by atoms with Crippen LogP contribution in [0.2, 0.25) is 0 Å². The first-order valence-electron chi connectivity index (χ1n) is 10.3. The molecule has 1 aromatic heterocycles. The zero-order valence-electron chi connectivity index (χ0n) is 16.8. The van der Waals surface area contributed by atoms with Crippen molar-refractivity contribution in [1.82, 2.24) is 19.7 Å². The summed E-state index contributed by atoms with van der Waals surface area (Å²) in [6.45, 7) is 3.39. The maximum absolute atomic E-state index is 12.4. The SMILES string of the molecule is CN=C(NCCCn1nc2n(c1=O)CCCC2)Nc1ccc2c(c1)OCCCO2. The van der Waals surface area contributed by atoms with Crippen molar-refractivity contribution < 1.29 is 9.47 Å². The van der Waals surface area contributed by atoms with Crippen molar-refractivity contribution in [3.63, 3.8) is 0 Å². The van der Waals surface area contributed by atoms with Crippen molar-refractivity contribution in [3.8, 4) is 11.5 Å². The molecule has 9 nitrogen and oxygen atoms in total. The number of fused-ring (bicyclic) bond motifs is 2. The van der Waals surface area contributed by atoms with Gasteiger partial charge in [0.2, 0.25) is 0 Å². The minimum atomic E-state index is 0.00871. The van der Waals surface area contributed by atoms with E-state index in [0.717, 1.165) is 61.7 Å². The molecular formula is C20H28N6O3. The Labute approximate surface area is 169 Å². The number of nitrogens with one attached hydrogen (secondary N) is 2. The molecule has 0 radical (unpaired) electrons. The van der Waals surface area contributed by atoms with Gasteiger partial charge in [-0.3, -0.25) is 9.56 Å². The first-order chi connectivity index (χ1) is 14.2. The lowest BCUT2D eigenvalue weighted by molar-refractivity contribution is 0.297. The molecule has 2 aliphatic heterocycles. The summed E-state index contributed by atoms with van der Waals surface area (Å²) >= 11 is 0. The summed E-state index contributed by atoms with van der Waals surface area (Å²) in [5.41, 5.74) is 0.884. The number of rotatable bonds is 5. The summed E-state index contributed by atoms with van der Waals surface area (Å²) in [5, 5.41) is 11.0. The van der Waals surface area contributed by atoms with E-state index in [0.29, 0.717) is 32.3 Å². The third-order valence-electron chi connectivity index (χ3n) is 5.10. The lowest BCUT2D eigenvalue weighted by atomic mass is 10.2. The highest BCUT2D eigenvalue weighted by molar-refractivity contribution is 5.93. The van der Waals surface area contributed by atoms with Crippen LogP contribution in [0.1, 0.15) is 31.5 Å². The molecule has 0 atom stereocenters. The minimum absolute atomic E-state index is 0.00871. The minimum Gasteiger partial charge on any atom is -0.490 e. The number of nitrogens with zero attached hydrogens (tertiary/aromatic N) is 4. The smallest absolute Gasteiger partial charge is 0.345 e. The third-order valence-corrected chi connectivity index (χ3v) is 5.10. The maximum atomic E-state index is 12.4. The average molecular weight is 400 g/mol. The Morgan fingerprint density at radius 2 is 2.07 bits per heavy atom. The second kappa shape index (κ2) is 9.02. The number of hydrogen-bond donors (Lipinski definition) is 2. The van der Waals surface area contributed by atoms with Gasteiger partial charge >= 0.3 is 5.69 Å². The van der Waals surface area contributed by atoms with Crippen molar-refractivity contribution in [1.29, 1.82) is 0 Å². The Morgan fingerprint density at radius 3 is 2.90 bits per heavy atom. The van der Waals surface area contributed by atoms with Crippen LogP contribution in [0.5, 0.6) is 11.5 Å². The van der Waals surface area contributed by atoms with E-state index in [1.807, 2.05) is 22.8 Å². The summed E-state index contributed by atoms with van der Waals surface area (Å²) in [6.07, 6.45) is 4.72. The number of aliphatic imine (C=N–C) groups is 1. The standard InChI is InChI=1S/C20H28N6O3/c1-21-19(23-15-7-8-16-17(14-15)29-13-5-12-28-16)22-9-4-11-26-20(27)25-10-3-2-6-18(25)24-26/h7-8,14H,2-6,9-13H2,1H3,(H2,21,22,23). The van der Waals surface area contributed by atoms with Crippen molar-refractivity contribution in [2.24, 2.45) is 4.99 Å². The Morgan fingerprint density at radius 1 is 1.21 bits per heavy atom. The van der Waals surface area contributed by atoms with Crippen LogP contribution in [0.25, 0.3) is 0 Å². The molecule has 0 unspecified atom stereocenters. The molecule has 2 aliphatic rings. The molecule has 0 saturated carbocycles. The van der Waals surface area contributed by atoms with E-state index in [9.17, 15) is 4.79 Å². The lowest BCUT2D eigenvalue weighted by Gasteiger charge is -2.14. The van der Waals surface area contributed by atoms with E-state index in [1.54, 1.807) is 11.7 Å². The largest absolute Gasteiger partial charge is 0.490 e. The predicted molar refractivity (Wildman–Crippen MR) is 111 cm³/mol. The number of benzene rings is 1. The van der Waals surface area contributed by atoms with Gasteiger partial charge in [-0.15, -0.1) is 0 Å². The summed E-state index contributed by atoms with van der Waals surface area (Å²) in [5.74, 6) is 3.09. The number of hydrogen-bond acceptors (Lipinski definition) is 5. The van der Waals surface area contributed by atoms with Crippen LogP contribution in [-0.2, 0) is 19.5 Å². The van der Waals surface area contributed by atoms with Crippen molar-refractivity contribution in [2.75, 3.05) is 32.1 Å². The molecule has 0 fully saturated rings.